The molecule has 0 atom stereocenters. The molecule has 143 heavy (non-hydrogen) atoms. The summed E-state index contributed by atoms with van der Waals surface area (Å²) in [4.78, 5) is 68.2. The molecule has 6 fully saturated rings. The van der Waals surface area contributed by atoms with E-state index in [2.05, 4.69) is 156 Å². The van der Waals surface area contributed by atoms with Crippen LogP contribution in [0.15, 0.2) is 229 Å². The number of rotatable bonds is 30. The predicted molar refractivity (Wildman–Crippen MR) is 552 cm³/mol. The smallest absolute Gasteiger partial charge is 0.488 e. The van der Waals surface area contributed by atoms with Crippen LogP contribution in [0.25, 0.3) is 0 Å². The van der Waals surface area contributed by atoms with Crippen molar-refractivity contribution in [1.82, 2.24) is 0 Å². The third kappa shape index (κ3) is 32.0. The molecular formula is C115H118BrClFIO24. The highest BCUT2D eigenvalue weighted by molar-refractivity contribution is 14.1. The van der Waals surface area contributed by atoms with Crippen molar-refractivity contribution in [1.29, 1.82) is 0 Å². The van der Waals surface area contributed by atoms with E-state index in [0.29, 0.717) is 101 Å². The van der Waals surface area contributed by atoms with Crippen LogP contribution in [0.5, 0.6) is 69.0 Å². The third-order valence-electron chi connectivity index (χ3n) is 24.1. The van der Waals surface area contributed by atoms with Crippen LogP contribution >= 0.6 is 50.1 Å². The molecule has 0 unspecified atom stereocenters. The molecule has 24 nitrogen and oxygen atoms in total. The van der Waals surface area contributed by atoms with E-state index in [0.717, 1.165) is 88.8 Å². The molecule has 28 heteroatoms. The highest BCUT2D eigenvalue weighted by atomic mass is 127. The Bertz CT molecular complexity index is 5710. The van der Waals surface area contributed by atoms with E-state index in [1.807, 2.05) is 117 Å². The van der Waals surface area contributed by atoms with Gasteiger partial charge in [0.1, 0.15) is 114 Å². The first-order valence-corrected chi connectivity index (χ1v) is 49.5. The van der Waals surface area contributed by atoms with E-state index in [9.17, 15) is 33.2 Å². The van der Waals surface area contributed by atoms with Crippen molar-refractivity contribution in [2.75, 3.05) is 42.7 Å². The fraction of sp³-hybridized carbons (Fsp3) is 0.322. The number of aryl methyl sites for hydroxylation is 7. The number of ether oxygens (including phenoxy) is 18. The van der Waals surface area contributed by atoms with Crippen LogP contribution in [0.2, 0.25) is 5.02 Å². The number of para-hydroxylation sites is 1. The van der Waals surface area contributed by atoms with Crippen molar-refractivity contribution in [3.63, 3.8) is 0 Å². The molecule has 12 aromatic rings. The van der Waals surface area contributed by atoms with Crippen molar-refractivity contribution < 1.29 is 118 Å². The lowest BCUT2D eigenvalue weighted by Crippen LogP contribution is -2.11. The summed E-state index contributed by atoms with van der Waals surface area (Å²) in [6.45, 7) is 16.0. The largest absolute Gasteiger partial charge is 0.513 e. The average molecular weight is 2150 g/mol. The van der Waals surface area contributed by atoms with Crippen molar-refractivity contribution in [3.8, 4) is 69.0 Å². The average Bonchev–Trinajstić information content (AvgIpc) is 1.78. The second-order valence-corrected chi connectivity index (χ2v) is 37.9. The quantitative estimate of drug-likeness (QED) is 0.0175. The fourth-order valence-electron chi connectivity index (χ4n) is 15.5. The molecule has 6 saturated carbocycles. The molecule has 0 saturated heterocycles. The van der Waals surface area contributed by atoms with Gasteiger partial charge in [0.15, 0.2) is 0 Å². The Morgan fingerprint density at radius 3 is 0.881 bits per heavy atom. The Morgan fingerprint density at radius 2 is 0.531 bits per heavy atom. The van der Waals surface area contributed by atoms with E-state index in [1.165, 1.54) is 186 Å². The van der Waals surface area contributed by atoms with Gasteiger partial charge in [-0.2, -0.15) is 0 Å². The molecule has 6 aliphatic rings. The molecule has 0 N–H and O–H groups in total. The van der Waals surface area contributed by atoms with Gasteiger partial charge in [0, 0.05) is 30.3 Å². The summed E-state index contributed by atoms with van der Waals surface area (Å²) >= 11 is 12.0. The molecule has 0 aromatic heterocycles. The maximum Gasteiger partial charge on any atom is 0.513 e. The van der Waals surface area contributed by atoms with Gasteiger partial charge in [-0.15, -0.1) is 0 Å². The highest BCUT2D eigenvalue weighted by Gasteiger charge is 2.34. The maximum atomic E-state index is 14.1. The minimum Gasteiger partial charge on any atom is -0.488 e. The molecule has 0 spiro atoms. The fourth-order valence-corrected chi connectivity index (χ4v) is 16.9. The summed E-state index contributed by atoms with van der Waals surface area (Å²) in [7, 11) is 7.62. The second-order valence-electron chi connectivity index (χ2n) is 35.5. The first-order valence-electron chi connectivity index (χ1n) is 47.3. The topological polar surface area (TPSA) is 269 Å². The number of halogens is 4. The van der Waals surface area contributed by atoms with Crippen LogP contribution < -0.4 is 56.8 Å². The van der Waals surface area contributed by atoms with Gasteiger partial charge in [0.25, 0.3) is 0 Å². The molecule has 0 radical (unpaired) electrons. The summed E-state index contributed by atoms with van der Waals surface area (Å²) in [5.74, 6) is 10.5. The molecule has 6 aliphatic carbocycles. The Labute approximate surface area is 860 Å². The van der Waals surface area contributed by atoms with Gasteiger partial charge in [-0.1, -0.05) is 188 Å². The lowest BCUT2D eigenvalue weighted by atomic mass is 10.1. The van der Waals surface area contributed by atoms with Gasteiger partial charge in [0.2, 0.25) is 0 Å². The molecule has 0 amide bonds. The van der Waals surface area contributed by atoms with E-state index >= 15 is 0 Å². The Kier molecular flexibility index (Phi) is 38.8. The van der Waals surface area contributed by atoms with Gasteiger partial charge in [0.05, 0.1) is 58.8 Å². The molecule has 750 valence electrons. The lowest BCUT2D eigenvalue weighted by molar-refractivity contribution is 0.119. The van der Waals surface area contributed by atoms with Gasteiger partial charge in [-0.3, -0.25) is 0 Å². The zero-order chi connectivity index (χ0) is 102. The Balaban J connectivity index is 0.000000144. The number of hydrogen-bond donors (Lipinski definition) is 0. The second kappa shape index (κ2) is 52.0. The molecule has 12 aromatic carbocycles. The number of carbonyl (C=O) groups is 6. The normalized spacial score (nSPS) is 13.5. The van der Waals surface area contributed by atoms with Gasteiger partial charge in [-0.05, 0) is 320 Å². The van der Waals surface area contributed by atoms with Crippen LogP contribution in [-0.2, 0) is 68.1 Å². The Hall–Kier alpha value is -13.5. The number of hydrogen-bond acceptors (Lipinski definition) is 24. The molecule has 0 bridgehead atoms. The van der Waals surface area contributed by atoms with Crippen LogP contribution in [0.4, 0.5) is 33.2 Å². The monoisotopic (exact) mass is 2140 g/mol. The third-order valence-corrected chi connectivity index (χ3v) is 26.2. The van der Waals surface area contributed by atoms with Crippen LogP contribution in [0.1, 0.15) is 218 Å². The van der Waals surface area contributed by atoms with E-state index in [-0.39, 0.29) is 24.5 Å². The van der Waals surface area contributed by atoms with Crippen LogP contribution in [0, 0.1) is 57.9 Å². The zero-order valence-electron chi connectivity index (χ0n) is 82.4. The molecule has 0 aliphatic heterocycles. The summed E-state index contributed by atoms with van der Waals surface area (Å²) < 4.78 is 110. The van der Waals surface area contributed by atoms with E-state index in [4.69, 9.17) is 68.4 Å². The SMILES string of the molecule is COC(=O)Oc1cccc(Br)c1COc1ccc(C)cc1C1CC1.COC(=O)Oc1cccc(C)c1COc1ccc(C)cc1C1CC1.COC(=O)Oc1cccc(Cl)c1COc1ccc(C)cc1C1CC1.COC(=O)Oc1cccc(F)c1COc1ccc(C)cc1C1CC1.COC(=O)Oc1cccc(I)c1COc1ccc(C)cc1C1CC1.COC(=O)Oc1ccccc1COc1ccc(C)cc1C1CC1. The zero-order valence-corrected chi connectivity index (χ0v) is 86.9. The molecule has 0 heterocycles. The van der Waals surface area contributed by atoms with E-state index < -0.39 is 42.7 Å². The first-order chi connectivity index (χ1) is 69.1. The lowest BCUT2D eigenvalue weighted by Gasteiger charge is -2.15. The van der Waals surface area contributed by atoms with Crippen molar-refractivity contribution in [2.24, 2.45) is 0 Å². The number of methoxy groups -OCH3 is 6. The predicted octanol–water partition coefficient (Wildman–Crippen LogP) is 30.0. The summed E-state index contributed by atoms with van der Waals surface area (Å²) in [6, 6.07) is 70.5. The number of benzene rings is 12. The summed E-state index contributed by atoms with van der Waals surface area (Å²) in [5, 5.41) is 0.483. The van der Waals surface area contributed by atoms with Gasteiger partial charge < -0.3 is 85.3 Å². The highest BCUT2D eigenvalue weighted by Crippen LogP contribution is 2.51. The standard InChI is InChI=1S/C20H22O4.C19H19BrO4.C19H19ClO4.C19H19FO4.C19H19IO4.C19H20O4/c1-13-7-10-18(16(11-13)15-8-9-15)23-12-17-14(2)5-4-6-19(17)24-20(21)22-3;4*1-12-6-9-17(14(10-12)13-7-8-13)23-11-15-16(20)4-3-5-18(15)24-19(21)22-2;1-13-7-10-18(16(11-13)14-8-9-14)22-12-15-5-3-4-6-17(15)23-19(20)21-2/h4-7,10-11,15H,8-9,12H2,1-3H3;4*3-6,9-10,13H,7-8,11H2,1-2H3;3-7,10-11,14H,8-9,12H2,1-2H3. The maximum absolute atomic E-state index is 14.1. The molecular weight excluding hydrogens is 2030 g/mol. The Morgan fingerprint density at radius 1 is 0.280 bits per heavy atom. The van der Waals surface area contributed by atoms with Crippen molar-refractivity contribution in [3.05, 3.63) is 349 Å². The summed E-state index contributed by atoms with van der Waals surface area (Å²) in [5.41, 5.74) is 19.9. The number of carbonyl (C=O) groups excluding carboxylic acids is 6. The summed E-state index contributed by atoms with van der Waals surface area (Å²) in [6.07, 6.45) is 9.85. The van der Waals surface area contributed by atoms with Crippen molar-refractivity contribution >= 4 is 87.1 Å². The van der Waals surface area contributed by atoms with Crippen molar-refractivity contribution in [2.45, 2.75) is 201 Å². The van der Waals surface area contributed by atoms with Gasteiger partial charge >= 0.3 is 36.9 Å². The minimum atomic E-state index is -0.893. The van der Waals surface area contributed by atoms with E-state index in [1.54, 1.807) is 48.5 Å². The van der Waals surface area contributed by atoms with Crippen LogP contribution in [0.3, 0.4) is 0 Å². The molecule has 18 rings (SSSR count). The minimum absolute atomic E-state index is 0.0260. The van der Waals surface area contributed by atoms with Crippen LogP contribution in [-0.4, -0.2) is 79.6 Å². The first kappa shape index (κ1) is 107. The van der Waals surface area contributed by atoms with Gasteiger partial charge in [-0.25, -0.2) is 33.2 Å².